The lowest BCUT2D eigenvalue weighted by Crippen LogP contribution is -2.15. The topological polar surface area (TPSA) is 110 Å². The van der Waals surface area contributed by atoms with Gasteiger partial charge in [0.15, 0.2) is 9.92 Å². The Balaban J connectivity index is 1.58. The number of hydrogen-bond acceptors (Lipinski definition) is 7. The third-order valence-corrected chi connectivity index (χ3v) is 8.12. The van der Waals surface area contributed by atoms with Crippen molar-refractivity contribution in [2.75, 3.05) is 18.6 Å². The number of ether oxygens (including phenoxy) is 1. The zero-order valence-electron chi connectivity index (χ0n) is 15.4. The second-order valence-corrected chi connectivity index (χ2v) is 10.5. The summed E-state index contributed by atoms with van der Waals surface area (Å²) >= 11 is 1.13. The number of nitrogens with zero attached hydrogens (tertiary/aromatic N) is 2. The van der Waals surface area contributed by atoms with Gasteiger partial charge in [0.05, 0.1) is 17.1 Å². The molecule has 2 heterocycles. The molecule has 9 heteroatoms. The molecule has 1 atom stereocenters. The molecule has 0 fully saturated rings. The van der Waals surface area contributed by atoms with Gasteiger partial charge in [-0.1, -0.05) is 0 Å². The van der Waals surface area contributed by atoms with Gasteiger partial charge in [0.1, 0.15) is 12.4 Å². The first kappa shape index (κ1) is 18.7. The third-order valence-electron chi connectivity index (χ3n) is 4.93. The summed E-state index contributed by atoms with van der Waals surface area (Å²) in [6.45, 7) is 4.13. The second kappa shape index (κ2) is 6.73. The van der Waals surface area contributed by atoms with Crippen LogP contribution in [0.1, 0.15) is 41.8 Å². The first-order valence-electron chi connectivity index (χ1n) is 8.99. The fourth-order valence-corrected chi connectivity index (χ4v) is 5.68. The number of thiazole rings is 1. The predicted octanol–water partition coefficient (Wildman–Crippen LogP) is 2.56. The largest absolute Gasteiger partial charge is 0.493 e. The number of rotatable bonds is 5. The summed E-state index contributed by atoms with van der Waals surface area (Å²) in [5.41, 5.74) is 3.83. The van der Waals surface area contributed by atoms with E-state index in [-0.39, 0.29) is 11.0 Å². The van der Waals surface area contributed by atoms with E-state index in [9.17, 15) is 9.32 Å². The molecule has 1 aromatic carbocycles. The minimum Gasteiger partial charge on any atom is -0.493 e. The van der Waals surface area contributed by atoms with Crippen molar-refractivity contribution in [1.29, 1.82) is 0 Å². The van der Waals surface area contributed by atoms with E-state index in [1.807, 2.05) is 0 Å². The minimum atomic E-state index is -3.12. The predicted molar refractivity (Wildman–Crippen MR) is 107 cm³/mol. The van der Waals surface area contributed by atoms with Gasteiger partial charge in [-0.3, -0.25) is 0 Å². The summed E-state index contributed by atoms with van der Waals surface area (Å²) in [5.74, 6) is 0.946. The van der Waals surface area contributed by atoms with E-state index in [4.69, 9.17) is 9.88 Å². The molecule has 0 amide bonds. The molecule has 0 saturated heterocycles. The zero-order chi connectivity index (χ0) is 19.2. The van der Waals surface area contributed by atoms with Crippen LogP contribution in [-0.2, 0) is 34.8 Å². The van der Waals surface area contributed by atoms with E-state index in [0.717, 1.165) is 48.5 Å². The van der Waals surface area contributed by atoms with E-state index in [2.05, 4.69) is 20.7 Å². The normalized spacial score (nSPS) is 17.8. The number of nitrogens with one attached hydrogen (secondary N) is 1. The highest BCUT2D eigenvalue weighted by atomic mass is 32.2. The number of benzene rings is 1. The van der Waals surface area contributed by atoms with E-state index >= 15 is 0 Å². The van der Waals surface area contributed by atoms with E-state index in [0.29, 0.717) is 11.5 Å². The van der Waals surface area contributed by atoms with Crippen LogP contribution in [0.5, 0.6) is 5.75 Å². The molecule has 0 radical (unpaired) electrons. The van der Waals surface area contributed by atoms with Gasteiger partial charge in [0.25, 0.3) is 0 Å². The lowest BCUT2D eigenvalue weighted by atomic mass is 10.0. The van der Waals surface area contributed by atoms with Gasteiger partial charge in [0, 0.05) is 23.9 Å². The molecule has 7 nitrogen and oxygen atoms in total. The highest BCUT2D eigenvalue weighted by molar-refractivity contribution is 7.93. The van der Waals surface area contributed by atoms with Crippen LogP contribution >= 0.6 is 11.3 Å². The van der Waals surface area contributed by atoms with Crippen molar-refractivity contribution in [2.45, 2.75) is 49.5 Å². The maximum atomic E-state index is 12.8. The SMILES string of the molecule is CC(C)(O)c1cnc(S(N)(=O)=NCNc2c3c(cc4c2CCO4)CCC3)s1. The fraction of sp³-hybridized carbons (Fsp3) is 0.500. The van der Waals surface area contributed by atoms with E-state index in [1.54, 1.807) is 13.8 Å². The summed E-state index contributed by atoms with van der Waals surface area (Å²) < 4.78 is 22.9. The van der Waals surface area contributed by atoms with Gasteiger partial charge in [-0.25, -0.2) is 14.3 Å². The molecule has 1 unspecified atom stereocenters. The van der Waals surface area contributed by atoms with Crippen molar-refractivity contribution in [2.24, 2.45) is 9.50 Å². The van der Waals surface area contributed by atoms with Crippen LogP contribution in [0.4, 0.5) is 5.69 Å². The first-order valence-corrected chi connectivity index (χ1v) is 11.4. The summed E-state index contributed by atoms with van der Waals surface area (Å²) in [6, 6.07) is 2.16. The maximum absolute atomic E-state index is 12.8. The summed E-state index contributed by atoms with van der Waals surface area (Å²) in [5, 5.41) is 19.3. The van der Waals surface area contributed by atoms with Crippen molar-refractivity contribution in [3.63, 3.8) is 0 Å². The second-order valence-electron chi connectivity index (χ2n) is 7.40. The Labute approximate surface area is 163 Å². The molecular formula is C18H24N4O3S2. The molecule has 1 aromatic heterocycles. The van der Waals surface area contributed by atoms with Gasteiger partial charge in [-0.2, -0.15) is 4.36 Å². The number of nitrogens with two attached hydrogens (primary N) is 1. The Bertz CT molecular complexity index is 969. The average molecular weight is 409 g/mol. The average Bonchev–Trinajstić information content (AvgIpc) is 3.33. The molecule has 2 aliphatic rings. The number of fused-ring (bicyclic) bond motifs is 2. The molecule has 4 rings (SSSR count). The molecule has 0 bridgehead atoms. The first-order chi connectivity index (χ1) is 12.8. The summed E-state index contributed by atoms with van der Waals surface area (Å²) in [4.78, 5) is 4.72. The standard InChI is InChI=1S/C18H24N4O3S2/c1-18(2,23)15-9-20-17(26-15)27(19,24)22-10-21-16-12-5-3-4-11(12)8-14-13(16)6-7-25-14/h8-9,21,23H,3-7,10H2,1-2H3,(H2,19,22,24). The minimum absolute atomic E-state index is 0.135. The number of aromatic nitrogens is 1. The third kappa shape index (κ3) is 3.56. The van der Waals surface area contributed by atoms with Crippen molar-refractivity contribution in [1.82, 2.24) is 4.98 Å². The molecule has 146 valence electrons. The Hall–Kier alpha value is -1.68. The van der Waals surface area contributed by atoms with Crippen LogP contribution in [0.3, 0.4) is 0 Å². The molecule has 27 heavy (non-hydrogen) atoms. The molecule has 1 aliphatic carbocycles. The van der Waals surface area contributed by atoms with Crippen LogP contribution in [0.2, 0.25) is 0 Å². The molecule has 0 saturated carbocycles. The number of aryl methyl sites for hydroxylation is 1. The van der Waals surface area contributed by atoms with Crippen LogP contribution in [0.15, 0.2) is 21.0 Å². The van der Waals surface area contributed by atoms with Crippen molar-refractivity contribution in [3.8, 4) is 5.75 Å². The van der Waals surface area contributed by atoms with Crippen LogP contribution < -0.4 is 15.2 Å². The summed E-state index contributed by atoms with van der Waals surface area (Å²) in [7, 11) is -3.12. The van der Waals surface area contributed by atoms with Crippen molar-refractivity contribution in [3.05, 3.63) is 33.8 Å². The molecular weight excluding hydrogens is 384 g/mol. The van der Waals surface area contributed by atoms with Gasteiger partial charge in [0.2, 0.25) is 4.34 Å². The van der Waals surface area contributed by atoms with Crippen molar-refractivity contribution >= 4 is 26.9 Å². The summed E-state index contributed by atoms with van der Waals surface area (Å²) in [6.07, 6.45) is 5.60. The van der Waals surface area contributed by atoms with Gasteiger partial charge in [-0.15, -0.1) is 11.3 Å². The number of hydrogen-bond donors (Lipinski definition) is 3. The Morgan fingerprint density at radius 1 is 1.41 bits per heavy atom. The van der Waals surface area contributed by atoms with E-state index < -0.39 is 15.5 Å². The Kier molecular flexibility index (Phi) is 4.66. The Morgan fingerprint density at radius 2 is 2.22 bits per heavy atom. The molecule has 1 aliphatic heterocycles. The van der Waals surface area contributed by atoms with Crippen LogP contribution in [0, 0.1) is 0 Å². The smallest absolute Gasteiger partial charge is 0.204 e. The lowest BCUT2D eigenvalue weighted by molar-refractivity contribution is 0.0823. The molecule has 2 aromatic rings. The quantitative estimate of drug-likeness (QED) is 0.704. The molecule has 0 spiro atoms. The molecule has 4 N–H and O–H groups in total. The fourth-order valence-electron chi connectivity index (χ4n) is 3.55. The van der Waals surface area contributed by atoms with Crippen LogP contribution in [-0.4, -0.2) is 27.6 Å². The van der Waals surface area contributed by atoms with E-state index in [1.165, 1.54) is 22.9 Å². The van der Waals surface area contributed by atoms with Crippen molar-refractivity contribution < 1.29 is 14.1 Å². The maximum Gasteiger partial charge on any atom is 0.204 e. The zero-order valence-corrected chi connectivity index (χ0v) is 17.1. The number of anilines is 1. The highest BCUT2D eigenvalue weighted by Crippen LogP contribution is 2.40. The van der Waals surface area contributed by atoms with Crippen LogP contribution in [0.25, 0.3) is 0 Å². The highest BCUT2D eigenvalue weighted by Gasteiger charge is 2.25. The monoisotopic (exact) mass is 408 g/mol. The lowest BCUT2D eigenvalue weighted by Gasteiger charge is -2.15. The number of aliphatic hydroxyl groups is 1. The van der Waals surface area contributed by atoms with Gasteiger partial charge in [-0.05, 0) is 50.3 Å². The van der Waals surface area contributed by atoms with Gasteiger partial charge >= 0.3 is 0 Å². The van der Waals surface area contributed by atoms with Gasteiger partial charge < -0.3 is 15.2 Å². The Morgan fingerprint density at radius 3 is 2.96 bits per heavy atom.